The van der Waals surface area contributed by atoms with Crippen LogP contribution in [0.2, 0.25) is 0 Å². The topological polar surface area (TPSA) is 36.7 Å². The van der Waals surface area contributed by atoms with Crippen molar-refractivity contribution in [1.29, 1.82) is 5.26 Å². The summed E-state index contributed by atoms with van der Waals surface area (Å²) in [6.07, 6.45) is 2.37. The van der Waals surface area contributed by atoms with Crippen molar-refractivity contribution < 1.29 is 0 Å². The summed E-state index contributed by atoms with van der Waals surface area (Å²) in [5, 5.41) is 11.0. The van der Waals surface area contributed by atoms with Crippen molar-refractivity contribution in [2.45, 2.75) is 24.8 Å². The van der Waals surface area contributed by atoms with E-state index in [0.29, 0.717) is 0 Å². The summed E-state index contributed by atoms with van der Waals surface area (Å²) in [7, 11) is 0. The third-order valence-electron chi connectivity index (χ3n) is 2.56. The van der Waals surface area contributed by atoms with E-state index in [-0.39, 0.29) is 0 Å². The van der Waals surface area contributed by atoms with Gasteiger partial charge in [-0.3, -0.25) is 0 Å². The van der Waals surface area contributed by atoms with E-state index in [2.05, 4.69) is 18.0 Å². The number of pyridine rings is 1. The first kappa shape index (κ1) is 11.9. The maximum atomic E-state index is 9.14. The van der Waals surface area contributed by atoms with Gasteiger partial charge in [-0.25, -0.2) is 4.98 Å². The molecule has 1 aromatic carbocycles. The number of nitriles is 1. The second-order valence-electron chi connectivity index (χ2n) is 3.84. The van der Waals surface area contributed by atoms with Crippen LogP contribution in [0.15, 0.2) is 35.4 Å². The Morgan fingerprint density at radius 3 is 2.94 bits per heavy atom. The standard InChI is InChI=1S/C14H14N2S/c1-2-3-8-17-14-9-11(10-15)12-6-4-5-7-13(12)16-14/h4-7,9H,2-3,8H2,1H3. The molecule has 0 aliphatic carbocycles. The minimum absolute atomic E-state index is 0.717. The fourth-order valence-electron chi connectivity index (χ4n) is 1.64. The number of fused-ring (bicyclic) bond motifs is 1. The van der Waals surface area contributed by atoms with Crippen LogP contribution in [0.5, 0.6) is 0 Å². The lowest BCUT2D eigenvalue weighted by molar-refractivity contribution is 0.895. The average Bonchev–Trinajstić information content (AvgIpc) is 2.38. The van der Waals surface area contributed by atoms with Crippen LogP contribution in [-0.2, 0) is 0 Å². The summed E-state index contributed by atoms with van der Waals surface area (Å²) in [5.41, 5.74) is 1.63. The van der Waals surface area contributed by atoms with Crippen LogP contribution in [-0.4, -0.2) is 10.7 Å². The van der Waals surface area contributed by atoms with E-state index >= 15 is 0 Å². The highest BCUT2D eigenvalue weighted by molar-refractivity contribution is 7.99. The van der Waals surface area contributed by atoms with Gasteiger partial charge in [0.25, 0.3) is 0 Å². The zero-order chi connectivity index (χ0) is 12.1. The van der Waals surface area contributed by atoms with Gasteiger partial charge in [-0.1, -0.05) is 31.5 Å². The van der Waals surface area contributed by atoms with Crippen LogP contribution < -0.4 is 0 Å². The van der Waals surface area contributed by atoms with Gasteiger partial charge in [0.1, 0.15) is 0 Å². The van der Waals surface area contributed by atoms with Crippen molar-refractivity contribution in [1.82, 2.24) is 4.98 Å². The molecule has 2 aromatic rings. The smallest absolute Gasteiger partial charge is 0.0999 e. The SMILES string of the molecule is CCCCSc1cc(C#N)c2ccccc2n1. The van der Waals surface area contributed by atoms with Gasteiger partial charge in [0.05, 0.1) is 22.2 Å². The number of thioether (sulfide) groups is 1. The molecule has 0 radical (unpaired) electrons. The fraction of sp³-hybridized carbons (Fsp3) is 0.286. The maximum Gasteiger partial charge on any atom is 0.0999 e. The summed E-state index contributed by atoms with van der Waals surface area (Å²) in [6.45, 7) is 2.18. The van der Waals surface area contributed by atoms with E-state index in [1.807, 2.05) is 30.3 Å². The van der Waals surface area contributed by atoms with Gasteiger partial charge in [0, 0.05) is 5.39 Å². The molecule has 0 bridgehead atoms. The molecular formula is C14H14N2S. The fourth-order valence-corrected chi connectivity index (χ4v) is 2.64. The average molecular weight is 242 g/mol. The zero-order valence-corrected chi connectivity index (χ0v) is 10.6. The predicted octanol–water partition coefficient (Wildman–Crippen LogP) is 4.00. The summed E-state index contributed by atoms with van der Waals surface area (Å²) in [6, 6.07) is 11.9. The Labute approximate surface area is 106 Å². The normalized spacial score (nSPS) is 10.4. The number of hydrogen-bond donors (Lipinski definition) is 0. The lowest BCUT2D eigenvalue weighted by Crippen LogP contribution is -1.88. The number of hydrogen-bond acceptors (Lipinski definition) is 3. The van der Waals surface area contributed by atoms with Crippen molar-refractivity contribution in [3.05, 3.63) is 35.9 Å². The largest absolute Gasteiger partial charge is 0.241 e. The molecule has 1 aromatic heterocycles. The molecule has 2 rings (SSSR count). The Morgan fingerprint density at radius 1 is 1.35 bits per heavy atom. The second kappa shape index (κ2) is 5.70. The minimum atomic E-state index is 0.717. The van der Waals surface area contributed by atoms with E-state index in [9.17, 15) is 0 Å². The molecule has 0 saturated carbocycles. The molecule has 3 heteroatoms. The summed E-state index contributed by atoms with van der Waals surface area (Å²) >= 11 is 1.73. The molecule has 86 valence electrons. The molecule has 0 amide bonds. The van der Waals surface area contributed by atoms with Crippen molar-refractivity contribution in [2.75, 3.05) is 5.75 Å². The van der Waals surface area contributed by atoms with E-state index < -0.39 is 0 Å². The van der Waals surface area contributed by atoms with Crippen LogP contribution in [0.4, 0.5) is 0 Å². The van der Waals surface area contributed by atoms with Crippen molar-refractivity contribution in [2.24, 2.45) is 0 Å². The van der Waals surface area contributed by atoms with Gasteiger partial charge in [0.15, 0.2) is 0 Å². The van der Waals surface area contributed by atoms with Gasteiger partial charge < -0.3 is 0 Å². The van der Waals surface area contributed by atoms with Crippen molar-refractivity contribution >= 4 is 22.7 Å². The Balaban J connectivity index is 2.36. The molecule has 0 spiro atoms. The number of aromatic nitrogens is 1. The van der Waals surface area contributed by atoms with Crippen LogP contribution in [0, 0.1) is 11.3 Å². The first-order chi connectivity index (χ1) is 8.35. The first-order valence-corrected chi connectivity index (χ1v) is 6.76. The molecule has 0 aliphatic heterocycles. The van der Waals surface area contributed by atoms with Gasteiger partial charge in [-0.2, -0.15) is 5.26 Å². The number of unbranched alkanes of at least 4 members (excludes halogenated alkanes) is 1. The molecule has 1 heterocycles. The molecule has 0 unspecified atom stereocenters. The molecule has 0 atom stereocenters. The highest BCUT2D eigenvalue weighted by Gasteiger charge is 2.05. The quantitative estimate of drug-likeness (QED) is 0.600. The Morgan fingerprint density at radius 2 is 2.18 bits per heavy atom. The summed E-state index contributed by atoms with van der Waals surface area (Å²) in [5.74, 6) is 1.06. The first-order valence-electron chi connectivity index (χ1n) is 5.78. The molecule has 2 nitrogen and oxygen atoms in total. The van der Waals surface area contributed by atoms with E-state index in [4.69, 9.17) is 5.26 Å². The van der Waals surface area contributed by atoms with Gasteiger partial charge in [-0.05, 0) is 24.3 Å². The Kier molecular flexibility index (Phi) is 4.00. The van der Waals surface area contributed by atoms with E-state index in [1.54, 1.807) is 11.8 Å². The second-order valence-corrected chi connectivity index (χ2v) is 4.95. The van der Waals surface area contributed by atoms with Gasteiger partial charge >= 0.3 is 0 Å². The molecule has 0 N–H and O–H groups in total. The number of benzene rings is 1. The Bertz CT molecular complexity index is 558. The van der Waals surface area contributed by atoms with Crippen LogP contribution >= 0.6 is 11.8 Å². The third-order valence-corrected chi connectivity index (χ3v) is 3.56. The number of nitrogens with zero attached hydrogens (tertiary/aromatic N) is 2. The van der Waals surface area contributed by atoms with Crippen molar-refractivity contribution in [3.8, 4) is 6.07 Å². The highest BCUT2D eigenvalue weighted by atomic mass is 32.2. The van der Waals surface area contributed by atoms with Crippen LogP contribution in [0.3, 0.4) is 0 Å². The molecule has 17 heavy (non-hydrogen) atoms. The summed E-state index contributed by atoms with van der Waals surface area (Å²) < 4.78 is 0. The van der Waals surface area contributed by atoms with Crippen LogP contribution in [0.1, 0.15) is 25.3 Å². The molecular weight excluding hydrogens is 228 g/mol. The molecule has 0 fully saturated rings. The van der Waals surface area contributed by atoms with E-state index in [0.717, 1.165) is 27.2 Å². The molecule has 0 saturated heterocycles. The highest BCUT2D eigenvalue weighted by Crippen LogP contribution is 2.24. The lowest BCUT2D eigenvalue weighted by Gasteiger charge is -2.04. The third kappa shape index (κ3) is 2.78. The lowest BCUT2D eigenvalue weighted by atomic mass is 10.1. The zero-order valence-electron chi connectivity index (χ0n) is 9.81. The van der Waals surface area contributed by atoms with Crippen LogP contribution in [0.25, 0.3) is 10.9 Å². The Hall–Kier alpha value is -1.53. The summed E-state index contributed by atoms with van der Waals surface area (Å²) in [4.78, 5) is 4.57. The van der Waals surface area contributed by atoms with E-state index in [1.165, 1.54) is 12.8 Å². The number of rotatable bonds is 4. The number of para-hydroxylation sites is 1. The molecule has 0 aliphatic rings. The maximum absolute atomic E-state index is 9.14. The van der Waals surface area contributed by atoms with Gasteiger partial charge in [0.2, 0.25) is 0 Å². The van der Waals surface area contributed by atoms with Crippen molar-refractivity contribution in [3.63, 3.8) is 0 Å². The van der Waals surface area contributed by atoms with Gasteiger partial charge in [-0.15, -0.1) is 11.8 Å². The minimum Gasteiger partial charge on any atom is -0.241 e. The monoisotopic (exact) mass is 242 g/mol. The predicted molar refractivity (Wildman–Crippen MR) is 72.1 cm³/mol.